The van der Waals surface area contributed by atoms with Crippen LogP contribution in [0.4, 0.5) is 0 Å². The molecule has 0 aliphatic carbocycles. The molecule has 21 heavy (non-hydrogen) atoms. The Morgan fingerprint density at radius 2 is 2.19 bits per heavy atom. The number of ether oxygens (including phenoxy) is 2. The summed E-state index contributed by atoms with van der Waals surface area (Å²) in [4.78, 5) is 2.41. The van der Waals surface area contributed by atoms with Crippen LogP contribution in [0.5, 0.6) is 5.75 Å². The van der Waals surface area contributed by atoms with Crippen molar-refractivity contribution >= 4 is 15.9 Å². The van der Waals surface area contributed by atoms with Crippen LogP contribution in [0.1, 0.15) is 5.56 Å². The second-order valence-electron chi connectivity index (χ2n) is 4.88. The molecular weight excluding hydrogens is 332 g/mol. The van der Waals surface area contributed by atoms with E-state index in [9.17, 15) is 0 Å². The monoisotopic (exact) mass is 352 g/mol. The van der Waals surface area contributed by atoms with Crippen LogP contribution in [-0.4, -0.2) is 50.9 Å². The molecule has 1 fully saturated rings. The fourth-order valence-corrected chi connectivity index (χ4v) is 2.64. The minimum Gasteiger partial charge on any atom is -0.481 e. The molecule has 0 bridgehead atoms. The summed E-state index contributed by atoms with van der Waals surface area (Å²) in [6.07, 6.45) is 5.24. The third-order valence-corrected chi connectivity index (χ3v) is 3.85. The molecule has 1 aliphatic heterocycles. The van der Waals surface area contributed by atoms with Gasteiger partial charge in [-0.25, -0.2) is 0 Å². The van der Waals surface area contributed by atoms with Crippen LogP contribution in [0, 0.1) is 12.3 Å². The van der Waals surface area contributed by atoms with E-state index in [1.807, 2.05) is 12.1 Å². The Kier molecular flexibility index (Phi) is 7.04. The van der Waals surface area contributed by atoms with Gasteiger partial charge in [0.1, 0.15) is 12.4 Å². The Morgan fingerprint density at radius 1 is 1.38 bits per heavy atom. The van der Waals surface area contributed by atoms with Crippen LogP contribution < -0.4 is 10.1 Å². The first-order valence-corrected chi connectivity index (χ1v) is 7.94. The minimum atomic E-state index is 0.294. The Morgan fingerprint density at radius 3 is 2.95 bits per heavy atom. The van der Waals surface area contributed by atoms with E-state index >= 15 is 0 Å². The van der Waals surface area contributed by atoms with E-state index in [4.69, 9.17) is 15.9 Å². The van der Waals surface area contributed by atoms with Gasteiger partial charge in [-0.1, -0.05) is 21.9 Å². The van der Waals surface area contributed by atoms with Crippen molar-refractivity contribution in [3.63, 3.8) is 0 Å². The quantitative estimate of drug-likeness (QED) is 0.600. The molecule has 5 heteroatoms. The molecule has 0 radical (unpaired) electrons. The van der Waals surface area contributed by atoms with Crippen LogP contribution in [-0.2, 0) is 11.3 Å². The van der Waals surface area contributed by atoms with Crippen LogP contribution >= 0.6 is 15.9 Å². The third kappa shape index (κ3) is 5.68. The molecule has 2 rings (SSSR count). The molecule has 0 amide bonds. The summed E-state index contributed by atoms with van der Waals surface area (Å²) < 4.78 is 11.9. The maximum Gasteiger partial charge on any atom is 0.148 e. The van der Waals surface area contributed by atoms with Crippen molar-refractivity contribution in [3.8, 4) is 18.1 Å². The second-order valence-corrected chi connectivity index (χ2v) is 5.79. The minimum absolute atomic E-state index is 0.294. The lowest BCUT2D eigenvalue weighted by molar-refractivity contribution is 0.0384. The fourth-order valence-electron chi connectivity index (χ4n) is 2.23. The molecule has 1 aliphatic rings. The van der Waals surface area contributed by atoms with E-state index in [-0.39, 0.29) is 0 Å². The summed E-state index contributed by atoms with van der Waals surface area (Å²) in [5.41, 5.74) is 1.11. The lowest BCUT2D eigenvalue weighted by atomic mass is 10.2. The van der Waals surface area contributed by atoms with Crippen LogP contribution in [0.3, 0.4) is 0 Å². The topological polar surface area (TPSA) is 33.7 Å². The van der Waals surface area contributed by atoms with Crippen LogP contribution in [0.15, 0.2) is 22.7 Å². The molecule has 1 saturated heterocycles. The summed E-state index contributed by atoms with van der Waals surface area (Å²) in [6.45, 7) is 6.78. The Labute approximate surface area is 134 Å². The first kappa shape index (κ1) is 16.3. The standard InChI is InChI=1S/C16H21BrN2O2/c1-2-9-21-16-4-3-15(17)12-14(16)13-18-5-6-19-7-10-20-11-8-19/h1,3-4,12,18H,5-11,13H2. The molecule has 4 nitrogen and oxygen atoms in total. The van der Waals surface area contributed by atoms with Gasteiger partial charge in [0.05, 0.1) is 13.2 Å². The van der Waals surface area contributed by atoms with E-state index in [0.29, 0.717) is 6.61 Å². The molecule has 1 heterocycles. The number of morpholine rings is 1. The zero-order valence-corrected chi connectivity index (χ0v) is 13.7. The van der Waals surface area contributed by atoms with E-state index in [0.717, 1.165) is 61.7 Å². The first-order valence-electron chi connectivity index (χ1n) is 7.15. The van der Waals surface area contributed by atoms with Crippen molar-refractivity contribution in [1.82, 2.24) is 10.2 Å². The highest BCUT2D eigenvalue weighted by Crippen LogP contribution is 2.23. The predicted molar refractivity (Wildman–Crippen MR) is 87.4 cm³/mol. The van der Waals surface area contributed by atoms with Crippen molar-refractivity contribution in [2.45, 2.75) is 6.54 Å². The molecule has 0 spiro atoms. The van der Waals surface area contributed by atoms with Gasteiger partial charge in [-0.3, -0.25) is 4.90 Å². The van der Waals surface area contributed by atoms with Gasteiger partial charge in [0.15, 0.2) is 0 Å². The average Bonchev–Trinajstić information content (AvgIpc) is 2.52. The average molecular weight is 353 g/mol. The van der Waals surface area contributed by atoms with Gasteiger partial charge in [-0.05, 0) is 18.2 Å². The third-order valence-electron chi connectivity index (χ3n) is 3.36. The van der Waals surface area contributed by atoms with Gasteiger partial charge in [0, 0.05) is 42.8 Å². The summed E-state index contributed by atoms with van der Waals surface area (Å²) in [7, 11) is 0. The van der Waals surface area contributed by atoms with Crippen molar-refractivity contribution in [3.05, 3.63) is 28.2 Å². The molecule has 1 N–H and O–H groups in total. The van der Waals surface area contributed by atoms with Crippen molar-refractivity contribution in [2.75, 3.05) is 46.0 Å². The van der Waals surface area contributed by atoms with Crippen molar-refractivity contribution in [1.29, 1.82) is 0 Å². The van der Waals surface area contributed by atoms with Gasteiger partial charge >= 0.3 is 0 Å². The van der Waals surface area contributed by atoms with Gasteiger partial charge in [-0.2, -0.15) is 0 Å². The molecule has 0 unspecified atom stereocenters. The van der Waals surface area contributed by atoms with Gasteiger partial charge in [-0.15, -0.1) is 6.42 Å². The van der Waals surface area contributed by atoms with Crippen molar-refractivity contribution in [2.24, 2.45) is 0 Å². The molecule has 0 aromatic heterocycles. The maximum absolute atomic E-state index is 5.56. The lowest BCUT2D eigenvalue weighted by Gasteiger charge is -2.26. The lowest BCUT2D eigenvalue weighted by Crippen LogP contribution is -2.40. The summed E-state index contributed by atoms with van der Waals surface area (Å²) in [6, 6.07) is 5.97. The maximum atomic E-state index is 5.56. The van der Waals surface area contributed by atoms with Gasteiger partial charge in [0.2, 0.25) is 0 Å². The van der Waals surface area contributed by atoms with E-state index < -0.39 is 0 Å². The molecule has 1 aromatic carbocycles. The highest BCUT2D eigenvalue weighted by Gasteiger charge is 2.09. The fraction of sp³-hybridized carbons (Fsp3) is 0.500. The van der Waals surface area contributed by atoms with E-state index in [1.54, 1.807) is 0 Å². The largest absolute Gasteiger partial charge is 0.481 e. The molecular formula is C16H21BrN2O2. The highest BCUT2D eigenvalue weighted by molar-refractivity contribution is 9.10. The predicted octanol–water partition coefficient (Wildman–Crippen LogP) is 1.88. The molecule has 0 saturated carbocycles. The number of hydrogen-bond acceptors (Lipinski definition) is 4. The van der Waals surface area contributed by atoms with E-state index in [1.165, 1.54) is 0 Å². The Bertz CT molecular complexity index is 482. The zero-order valence-electron chi connectivity index (χ0n) is 12.1. The van der Waals surface area contributed by atoms with Crippen LogP contribution in [0.25, 0.3) is 0 Å². The van der Waals surface area contributed by atoms with E-state index in [2.05, 4.69) is 38.1 Å². The zero-order chi connectivity index (χ0) is 14.9. The first-order chi connectivity index (χ1) is 10.3. The number of halogens is 1. The van der Waals surface area contributed by atoms with Crippen LogP contribution in [0.2, 0.25) is 0 Å². The number of rotatable bonds is 7. The Hall–Kier alpha value is -1.06. The smallest absolute Gasteiger partial charge is 0.148 e. The number of hydrogen-bond donors (Lipinski definition) is 1. The number of nitrogens with zero attached hydrogens (tertiary/aromatic N) is 1. The van der Waals surface area contributed by atoms with Gasteiger partial charge < -0.3 is 14.8 Å². The Balaban J connectivity index is 1.78. The number of benzene rings is 1. The number of nitrogens with one attached hydrogen (secondary N) is 1. The number of terminal acetylenes is 1. The van der Waals surface area contributed by atoms with Crippen molar-refractivity contribution < 1.29 is 9.47 Å². The summed E-state index contributed by atoms with van der Waals surface area (Å²) in [5.74, 6) is 3.34. The second kappa shape index (κ2) is 9.06. The normalized spacial score (nSPS) is 15.6. The molecule has 0 atom stereocenters. The molecule has 114 valence electrons. The summed E-state index contributed by atoms with van der Waals surface area (Å²) >= 11 is 3.49. The highest BCUT2D eigenvalue weighted by atomic mass is 79.9. The SMILES string of the molecule is C#CCOc1ccc(Br)cc1CNCCN1CCOCC1. The van der Waals surface area contributed by atoms with Gasteiger partial charge in [0.25, 0.3) is 0 Å². The molecule has 1 aromatic rings. The summed E-state index contributed by atoms with van der Waals surface area (Å²) in [5, 5.41) is 3.46.